The topological polar surface area (TPSA) is 72.1 Å². The highest BCUT2D eigenvalue weighted by Crippen LogP contribution is 2.25. The molecule has 1 aliphatic rings. The van der Waals surface area contributed by atoms with Crippen molar-refractivity contribution in [1.29, 1.82) is 0 Å². The molecule has 1 saturated heterocycles. The molecule has 116 valence electrons. The number of nitrogens with zero attached hydrogens (tertiary/aromatic N) is 4. The lowest BCUT2D eigenvalue weighted by Crippen LogP contribution is -2.26. The third-order valence-corrected chi connectivity index (χ3v) is 4.22. The fourth-order valence-electron chi connectivity index (χ4n) is 3.02. The van der Waals surface area contributed by atoms with Crippen LogP contribution in [-0.2, 0) is 11.2 Å². The van der Waals surface area contributed by atoms with Crippen molar-refractivity contribution in [2.24, 2.45) is 5.92 Å². The Morgan fingerprint density at radius 1 is 1.36 bits per heavy atom. The third-order valence-electron chi connectivity index (χ3n) is 4.22. The van der Waals surface area contributed by atoms with Crippen LogP contribution < -0.4 is 0 Å². The SMILES string of the molecule is CC(=O)N1CC[C@H](Cc2cnc(-c3c(C)noc3C)cn2)C1. The molecule has 0 saturated carbocycles. The van der Waals surface area contributed by atoms with Crippen LogP contribution in [0.3, 0.4) is 0 Å². The standard InChI is InChI=1S/C16H20N4O2/c1-10-16(11(2)22-19-10)15-8-17-14(7-18-15)6-13-4-5-20(9-13)12(3)21/h7-8,13H,4-6,9H2,1-3H3/t13-/m1/s1. The van der Waals surface area contributed by atoms with Crippen LogP contribution in [0.1, 0.15) is 30.5 Å². The molecule has 0 spiro atoms. The van der Waals surface area contributed by atoms with Gasteiger partial charge in [0.2, 0.25) is 5.91 Å². The molecule has 2 aromatic heterocycles. The molecule has 6 heteroatoms. The molecule has 1 amide bonds. The van der Waals surface area contributed by atoms with Gasteiger partial charge in [0.05, 0.1) is 28.8 Å². The van der Waals surface area contributed by atoms with Crippen molar-refractivity contribution >= 4 is 5.91 Å². The molecular weight excluding hydrogens is 280 g/mol. The third kappa shape index (κ3) is 2.86. The molecule has 0 N–H and O–H groups in total. The highest BCUT2D eigenvalue weighted by Gasteiger charge is 2.24. The van der Waals surface area contributed by atoms with Crippen LogP contribution in [0.2, 0.25) is 0 Å². The van der Waals surface area contributed by atoms with E-state index in [0.717, 1.165) is 54.3 Å². The lowest BCUT2D eigenvalue weighted by Gasteiger charge is -2.13. The fourth-order valence-corrected chi connectivity index (χ4v) is 3.02. The maximum absolute atomic E-state index is 11.4. The first-order valence-electron chi connectivity index (χ1n) is 7.54. The number of rotatable bonds is 3. The van der Waals surface area contributed by atoms with Gasteiger partial charge in [-0.1, -0.05) is 5.16 Å². The van der Waals surface area contributed by atoms with Crippen LogP contribution in [0.5, 0.6) is 0 Å². The molecule has 0 aliphatic carbocycles. The van der Waals surface area contributed by atoms with Crippen molar-refractivity contribution in [2.75, 3.05) is 13.1 Å². The van der Waals surface area contributed by atoms with Gasteiger partial charge in [-0.25, -0.2) is 0 Å². The van der Waals surface area contributed by atoms with Crippen molar-refractivity contribution in [1.82, 2.24) is 20.0 Å². The Morgan fingerprint density at radius 3 is 2.73 bits per heavy atom. The van der Waals surface area contributed by atoms with Crippen LogP contribution in [0.25, 0.3) is 11.3 Å². The summed E-state index contributed by atoms with van der Waals surface area (Å²) in [5.74, 6) is 1.39. The monoisotopic (exact) mass is 300 g/mol. The molecule has 3 heterocycles. The summed E-state index contributed by atoms with van der Waals surface area (Å²) >= 11 is 0. The molecule has 0 radical (unpaired) electrons. The van der Waals surface area contributed by atoms with E-state index >= 15 is 0 Å². The zero-order valence-corrected chi connectivity index (χ0v) is 13.2. The summed E-state index contributed by atoms with van der Waals surface area (Å²) in [4.78, 5) is 22.3. The van der Waals surface area contributed by atoms with E-state index in [2.05, 4.69) is 15.1 Å². The molecule has 22 heavy (non-hydrogen) atoms. The van der Waals surface area contributed by atoms with E-state index in [4.69, 9.17) is 4.52 Å². The lowest BCUT2D eigenvalue weighted by atomic mass is 10.0. The van der Waals surface area contributed by atoms with Gasteiger partial charge in [-0.05, 0) is 32.6 Å². The van der Waals surface area contributed by atoms with Gasteiger partial charge < -0.3 is 9.42 Å². The molecule has 1 aliphatic heterocycles. The Hall–Kier alpha value is -2.24. The summed E-state index contributed by atoms with van der Waals surface area (Å²) < 4.78 is 5.17. The molecule has 1 fully saturated rings. The van der Waals surface area contributed by atoms with E-state index < -0.39 is 0 Å². The van der Waals surface area contributed by atoms with E-state index in [0.29, 0.717) is 5.92 Å². The van der Waals surface area contributed by atoms with Crippen LogP contribution >= 0.6 is 0 Å². The van der Waals surface area contributed by atoms with Gasteiger partial charge in [-0.2, -0.15) is 0 Å². The summed E-state index contributed by atoms with van der Waals surface area (Å²) in [7, 11) is 0. The number of aromatic nitrogens is 3. The van der Waals surface area contributed by atoms with E-state index in [1.165, 1.54) is 0 Å². The van der Waals surface area contributed by atoms with E-state index in [1.807, 2.05) is 24.9 Å². The number of aryl methyl sites for hydroxylation is 2. The molecule has 2 aromatic rings. The zero-order valence-electron chi connectivity index (χ0n) is 13.2. The van der Waals surface area contributed by atoms with Gasteiger partial charge in [0.25, 0.3) is 0 Å². The van der Waals surface area contributed by atoms with Gasteiger partial charge in [0.1, 0.15) is 5.76 Å². The molecule has 0 unspecified atom stereocenters. The van der Waals surface area contributed by atoms with Gasteiger partial charge >= 0.3 is 0 Å². The van der Waals surface area contributed by atoms with E-state index in [9.17, 15) is 4.79 Å². The van der Waals surface area contributed by atoms with Gasteiger partial charge in [-0.15, -0.1) is 0 Å². The average molecular weight is 300 g/mol. The molecule has 0 aromatic carbocycles. The highest BCUT2D eigenvalue weighted by molar-refractivity contribution is 5.73. The molecular formula is C16H20N4O2. The number of hydrogen-bond donors (Lipinski definition) is 0. The van der Waals surface area contributed by atoms with Crippen molar-refractivity contribution in [3.63, 3.8) is 0 Å². The maximum atomic E-state index is 11.4. The zero-order chi connectivity index (χ0) is 15.7. The largest absolute Gasteiger partial charge is 0.361 e. The van der Waals surface area contributed by atoms with E-state index in [-0.39, 0.29) is 5.91 Å². The predicted octanol–water partition coefficient (Wildman–Crippen LogP) is 2.16. The second-order valence-electron chi connectivity index (χ2n) is 5.92. The molecule has 1 atom stereocenters. The van der Waals surface area contributed by atoms with Crippen molar-refractivity contribution in [2.45, 2.75) is 33.6 Å². The average Bonchev–Trinajstić information content (AvgIpc) is 3.08. The van der Waals surface area contributed by atoms with E-state index in [1.54, 1.807) is 13.1 Å². The van der Waals surface area contributed by atoms with Crippen molar-refractivity contribution in [3.05, 3.63) is 29.5 Å². The van der Waals surface area contributed by atoms with Gasteiger partial charge in [0.15, 0.2) is 0 Å². The van der Waals surface area contributed by atoms with Crippen molar-refractivity contribution < 1.29 is 9.32 Å². The molecule has 0 bridgehead atoms. The maximum Gasteiger partial charge on any atom is 0.219 e. The Balaban J connectivity index is 1.69. The van der Waals surface area contributed by atoms with Crippen LogP contribution in [-0.4, -0.2) is 39.0 Å². The Bertz CT molecular complexity index is 658. The smallest absolute Gasteiger partial charge is 0.219 e. The first kappa shape index (κ1) is 14.7. The second-order valence-corrected chi connectivity index (χ2v) is 5.92. The second kappa shape index (κ2) is 5.87. The van der Waals surface area contributed by atoms with Gasteiger partial charge in [-0.3, -0.25) is 14.8 Å². The summed E-state index contributed by atoms with van der Waals surface area (Å²) in [6.45, 7) is 7.07. The molecule has 6 nitrogen and oxygen atoms in total. The van der Waals surface area contributed by atoms with Gasteiger partial charge in [0, 0.05) is 26.2 Å². The Kier molecular flexibility index (Phi) is 3.92. The highest BCUT2D eigenvalue weighted by atomic mass is 16.5. The lowest BCUT2D eigenvalue weighted by molar-refractivity contribution is -0.127. The summed E-state index contributed by atoms with van der Waals surface area (Å²) in [6.07, 6.45) is 5.49. The number of hydrogen-bond acceptors (Lipinski definition) is 5. The summed E-state index contributed by atoms with van der Waals surface area (Å²) in [5.41, 5.74) is 3.50. The minimum atomic E-state index is 0.155. The Labute approximate surface area is 129 Å². The number of carbonyl (C=O) groups excluding carboxylic acids is 1. The van der Waals surface area contributed by atoms with Crippen LogP contribution in [0, 0.1) is 19.8 Å². The van der Waals surface area contributed by atoms with Crippen LogP contribution in [0.4, 0.5) is 0 Å². The number of carbonyl (C=O) groups is 1. The molecule has 3 rings (SSSR count). The minimum absolute atomic E-state index is 0.155. The first-order valence-corrected chi connectivity index (χ1v) is 7.54. The number of likely N-dealkylation sites (tertiary alicyclic amines) is 1. The normalized spacial score (nSPS) is 18.0. The van der Waals surface area contributed by atoms with Crippen molar-refractivity contribution in [3.8, 4) is 11.3 Å². The summed E-state index contributed by atoms with van der Waals surface area (Å²) in [6, 6.07) is 0. The quantitative estimate of drug-likeness (QED) is 0.868. The fraction of sp³-hybridized carbons (Fsp3) is 0.500. The predicted molar refractivity (Wildman–Crippen MR) is 81.1 cm³/mol. The minimum Gasteiger partial charge on any atom is -0.361 e. The van der Waals surface area contributed by atoms with Crippen LogP contribution in [0.15, 0.2) is 16.9 Å². The summed E-state index contributed by atoms with van der Waals surface area (Å²) in [5, 5.41) is 3.94. The first-order chi connectivity index (χ1) is 10.5. The Morgan fingerprint density at radius 2 is 2.18 bits per heavy atom. The number of amides is 1.